The Balaban J connectivity index is 1.26. The summed E-state index contributed by atoms with van der Waals surface area (Å²) in [5, 5.41) is 7.95. The van der Waals surface area contributed by atoms with Crippen molar-refractivity contribution in [3.8, 4) is 5.75 Å². The maximum atomic E-state index is 12.6. The van der Waals surface area contributed by atoms with Crippen molar-refractivity contribution in [2.75, 3.05) is 25.1 Å². The van der Waals surface area contributed by atoms with Crippen LogP contribution in [0.1, 0.15) is 36.0 Å². The molecule has 6 heteroatoms. The van der Waals surface area contributed by atoms with Crippen LogP contribution in [0.4, 0.5) is 5.69 Å². The number of fused-ring (bicyclic) bond motifs is 1. The molecule has 6 nitrogen and oxygen atoms in total. The molecule has 0 bridgehead atoms. The first-order valence-electron chi connectivity index (χ1n) is 11.1. The number of rotatable bonds is 9. The number of ether oxygens (including phenoxy) is 2. The molecule has 0 saturated carbocycles. The van der Waals surface area contributed by atoms with Gasteiger partial charge >= 0.3 is 0 Å². The minimum Gasteiger partial charge on any atom is -0.493 e. The zero-order valence-corrected chi connectivity index (χ0v) is 18.0. The number of anilines is 1. The van der Waals surface area contributed by atoms with E-state index in [1.54, 1.807) is 24.3 Å². The van der Waals surface area contributed by atoms with Gasteiger partial charge in [-0.25, -0.2) is 0 Å². The molecular weight excluding hydrogens is 404 g/mol. The van der Waals surface area contributed by atoms with E-state index in [0.717, 1.165) is 36.0 Å². The normalized spacial score (nSPS) is 15.4. The van der Waals surface area contributed by atoms with Crippen molar-refractivity contribution in [3.05, 3.63) is 72.3 Å². The molecular formula is C26H28N2O4. The van der Waals surface area contributed by atoms with Crippen LogP contribution in [-0.4, -0.2) is 37.7 Å². The number of hydrogen-bond donors (Lipinski definition) is 2. The van der Waals surface area contributed by atoms with E-state index in [9.17, 15) is 9.59 Å². The quantitative estimate of drug-likeness (QED) is 0.487. The molecule has 1 saturated heterocycles. The van der Waals surface area contributed by atoms with Gasteiger partial charge in [0.05, 0.1) is 24.0 Å². The van der Waals surface area contributed by atoms with Crippen molar-refractivity contribution in [1.82, 2.24) is 5.32 Å². The number of nitrogens with one attached hydrogen (secondary N) is 2. The van der Waals surface area contributed by atoms with Gasteiger partial charge in [0.25, 0.3) is 5.91 Å². The Bertz CT molecular complexity index is 1070. The fourth-order valence-corrected chi connectivity index (χ4v) is 3.85. The highest BCUT2D eigenvalue weighted by Crippen LogP contribution is 2.25. The zero-order valence-electron chi connectivity index (χ0n) is 18.0. The molecule has 1 aliphatic rings. The molecule has 2 N–H and O–H groups in total. The van der Waals surface area contributed by atoms with Crippen molar-refractivity contribution in [2.45, 2.75) is 31.8 Å². The highest BCUT2D eigenvalue weighted by Gasteiger charge is 2.18. The van der Waals surface area contributed by atoms with Gasteiger partial charge in [0, 0.05) is 25.0 Å². The Morgan fingerprint density at radius 2 is 1.81 bits per heavy atom. The molecule has 0 aliphatic carbocycles. The Hall–Kier alpha value is -3.38. The second-order valence-electron chi connectivity index (χ2n) is 7.87. The Kier molecular flexibility index (Phi) is 7.35. The summed E-state index contributed by atoms with van der Waals surface area (Å²) in [7, 11) is 0. The van der Waals surface area contributed by atoms with Crippen LogP contribution in [0, 0.1) is 0 Å². The minimum absolute atomic E-state index is 0.0717. The Morgan fingerprint density at radius 1 is 1.00 bits per heavy atom. The lowest BCUT2D eigenvalue weighted by molar-refractivity contribution is -0.116. The lowest BCUT2D eigenvalue weighted by atomic mass is 10.1. The van der Waals surface area contributed by atoms with Gasteiger partial charge in [-0.3, -0.25) is 9.59 Å². The molecule has 32 heavy (non-hydrogen) atoms. The summed E-state index contributed by atoms with van der Waals surface area (Å²) < 4.78 is 11.5. The fraction of sp³-hybridized carbons (Fsp3) is 0.308. The molecule has 0 aromatic heterocycles. The number of carbonyl (C=O) groups is 2. The van der Waals surface area contributed by atoms with Crippen LogP contribution in [0.5, 0.6) is 5.75 Å². The van der Waals surface area contributed by atoms with Gasteiger partial charge in [-0.2, -0.15) is 0 Å². The third kappa shape index (κ3) is 5.65. The third-order valence-corrected chi connectivity index (χ3v) is 5.52. The van der Waals surface area contributed by atoms with Crippen LogP contribution in [0.15, 0.2) is 66.7 Å². The summed E-state index contributed by atoms with van der Waals surface area (Å²) in [6, 6.07) is 21.0. The van der Waals surface area contributed by atoms with E-state index in [2.05, 4.69) is 10.6 Å². The average Bonchev–Trinajstić information content (AvgIpc) is 3.34. The van der Waals surface area contributed by atoms with Gasteiger partial charge in [-0.1, -0.05) is 48.5 Å². The van der Waals surface area contributed by atoms with Crippen molar-refractivity contribution in [3.63, 3.8) is 0 Å². The summed E-state index contributed by atoms with van der Waals surface area (Å²) in [4.78, 5) is 25.0. The Labute approximate surface area is 187 Å². The summed E-state index contributed by atoms with van der Waals surface area (Å²) in [6.45, 7) is 1.66. The van der Waals surface area contributed by atoms with Gasteiger partial charge in [-0.05, 0) is 42.8 Å². The van der Waals surface area contributed by atoms with E-state index in [0.29, 0.717) is 37.2 Å². The smallest absolute Gasteiger partial charge is 0.253 e. The van der Waals surface area contributed by atoms with Crippen LogP contribution in [0.3, 0.4) is 0 Å². The maximum Gasteiger partial charge on any atom is 0.253 e. The topological polar surface area (TPSA) is 76.7 Å². The number of carbonyl (C=O) groups excluding carboxylic acids is 2. The molecule has 0 radical (unpaired) electrons. The van der Waals surface area contributed by atoms with Gasteiger partial charge < -0.3 is 20.1 Å². The number of para-hydroxylation sites is 1. The van der Waals surface area contributed by atoms with E-state index >= 15 is 0 Å². The summed E-state index contributed by atoms with van der Waals surface area (Å²) in [5.74, 6) is 0.457. The first kappa shape index (κ1) is 21.8. The van der Waals surface area contributed by atoms with E-state index in [4.69, 9.17) is 9.47 Å². The lowest BCUT2D eigenvalue weighted by Crippen LogP contribution is -2.32. The van der Waals surface area contributed by atoms with Crippen LogP contribution in [0.2, 0.25) is 0 Å². The van der Waals surface area contributed by atoms with Gasteiger partial charge in [0.2, 0.25) is 5.91 Å². The SMILES string of the molecule is O=C(CCCOc1cccc2ccccc12)Nc1ccccc1C(=O)NCC1CCCO1. The van der Waals surface area contributed by atoms with Crippen molar-refractivity contribution < 1.29 is 19.1 Å². The van der Waals surface area contributed by atoms with Gasteiger partial charge in [0.1, 0.15) is 5.75 Å². The first-order valence-corrected chi connectivity index (χ1v) is 11.1. The predicted octanol–water partition coefficient (Wildman–Crippen LogP) is 4.55. The number of hydrogen-bond acceptors (Lipinski definition) is 4. The summed E-state index contributed by atoms with van der Waals surface area (Å²) >= 11 is 0. The molecule has 1 fully saturated rings. The van der Waals surface area contributed by atoms with Gasteiger partial charge in [0.15, 0.2) is 0 Å². The molecule has 3 aromatic rings. The molecule has 4 rings (SSSR count). The standard InChI is InChI=1S/C26H28N2O4/c29-25(15-7-17-32-24-14-5-9-19-8-1-2-11-21(19)24)28-23-13-4-3-12-22(23)26(30)27-18-20-10-6-16-31-20/h1-5,8-9,11-14,20H,6-7,10,15-18H2,(H,27,30)(H,28,29). The lowest BCUT2D eigenvalue weighted by Gasteiger charge is -2.14. The van der Waals surface area contributed by atoms with Crippen LogP contribution in [0.25, 0.3) is 10.8 Å². The molecule has 1 atom stereocenters. The number of benzene rings is 3. The molecule has 3 aromatic carbocycles. The van der Waals surface area contributed by atoms with E-state index in [1.165, 1.54) is 0 Å². The van der Waals surface area contributed by atoms with Crippen molar-refractivity contribution in [1.29, 1.82) is 0 Å². The van der Waals surface area contributed by atoms with E-state index < -0.39 is 0 Å². The Morgan fingerprint density at radius 3 is 2.69 bits per heavy atom. The molecule has 1 heterocycles. The predicted molar refractivity (Wildman–Crippen MR) is 125 cm³/mol. The molecule has 2 amide bonds. The maximum absolute atomic E-state index is 12.6. The van der Waals surface area contributed by atoms with E-state index in [-0.39, 0.29) is 17.9 Å². The van der Waals surface area contributed by atoms with Gasteiger partial charge in [-0.15, -0.1) is 0 Å². The number of amides is 2. The molecule has 166 valence electrons. The highest BCUT2D eigenvalue weighted by molar-refractivity contribution is 6.03. The van der Waals surface area contributed by atoms with E-state index in [1.807, 2.05) is 42.5 Å². The van der Waals surface area contributed by atoms with Crippen LogP contribution < -0.4 is 15.4 Å². The molecule has 0 spiro atoms. The summed E-state index contributed by atoms with van der Waals surface area (Å²) in [5.41, 5.74) is 0.961. The average molecular weight is 433 g/mol. The van der Waals surface area contributed by atoms with Crippen LogP contribution in [-0.2, 0) is 9.53 Å². The monoisotopic (exact) mass is 432 g/mol. The van der Waals surface area contributed by atoms with Crippen molar-refractivity contribution >= 4 is 28.3 Å². The first-order chi connectivity index (χ1) is 15.7. The summed E-state index contributed by atoms with van der Waals surface area (Å²) in [6.07, 6.45) is 2.93. The third-order valence-electron chi connectivity index (χ3n) is 5.52. The van der Waals surface area contributed by atoms with Crippen molar-refractivity contribution in [2.24, 2.45) is 0 Å². The largest absolute Gasteiger partial charge is 0.493 e. The zero-order chi connectivity index (χ0) is 22.2. The highest BCUT2D eigenvalue weighted by atomic mass is 16.5. The second-order valence-corrected chi connectivity index (χ2v) is 7.87. The van der Waals surface area contributed by atoms with Crippen LogP contribution >= 0.6 is 0 Å². The molecule has 1 unspecified atom stereocenters. The fourth-order valence-electron chi connectivity index (χ4n) is 3.85. The second kappa shape index (κ2) is 10.8. The molecule has 1 aliphatic heterocycles. The minimum atomic E-state index is -0.212.